The second-order valence-corrected chi connectivity index (χ2v) is 6.17. The largest absolute Gasteiger partial charge is 0.294 e. The average molecular weight is 298 g/mol. The van der Waals surface area contributed by atoms with Crippen LogP contribution in [0.3, 0.4) is 0 Å². The Morgan fingerprint density at radius 2 is 1.17 bits per heavy atom. The highest BCUT2D eigenvalue weighted by molar-refractivity contribution is 6.05. The lowest BCUT2D eigenvalue weighted by atomic mass is 9.65. The summed E-state index contributed by atoms with van der Waals surface area (Å²) in [5, 5.41) is 0. The van der Waals surface area contributed by atoms with Gasteiger partial charge in [-0.3, -0.25) is 4.79 Å². The number of benzene rings is 3. The van der Waals surface area contributed by atoms with Gasteiger partial charge in [0.2, 0.25) is 0 Å². The summed E-state index contributed by atoms with van der Waals surface area (Å²) in [6.07, 6.45) is 0. The summed E-state index contributed by atoms with van der Waals surface area (Å²) in [6.45, 7) is 2.06. The van der Waals surface area contributed by atoms with Gasteiger partial charge < -0.3 is 0 Å². The van der Waals surface area contributed by atoms with E-state index < -0.39 is 5.41 Å². The highest BCUT2D eigenvalue weighted by Gasteiger charge is 2.51. The van der Waals surface area contributed by atoms with Gasteiger partial charge in [0.1, 0.15) is 0 Å². The molecule has 1 aliphatic carbocycles. The maximum Gasteiger partial charge on any atom is 0.167 e. The summed E-state index contributed by atoms with van der Waals surface area (Å²) < 4.78 is 0. The number of hydrogen-bond acceptors (Lipinski definition) is 1. The topological polar surface area (TPSA) is 17.1 Å². The molecule has 0 fully saturated rings. The van der Waals surface area contributed by atoms with E-state index in [4.69, 9.17) is 0 Å². The van der Waals surface area contributed by atoms with Gasteiger partial charge in [0.05, 0.1) is 5.41 Å². The molecule has 0 saturated carbocycles. The smallest absolute Gasteiger partial charge is 0.167 e. The van der Waals surface area contributed by atoms with E-state index >= 15 is 0 Å². The number of rotatable bonds is 2. The van der Waals surface area contributed by atoms with Gasteiger partial charge in [-0.05, 0) is 16.7 Å². The van der Waals surface area contributed by atoms with Crippen molar-refractivity contribution in [2.24, 2.45) is 5.92 Å². The molecule has 0 bridgehead atoms. The van der Waals surface area contributed by atoms with Crippen LogP contribution in [0.25, 0.3) is 0 Å². The SMILES string of the molecule is CC1C(=O)c2ccccc2C1(c1ccccc1)c1ccccc1. The van der Waals surface area contributed by atoms with E-state index in [9.17, 15) is 4.79 Å². The summed E-state index contributed by atoms with van der Waals surface area (Å²) in [5.41, 5.74) is 3.92. The van der Waals surface area contributed by atoms with Gasteiger partial charge in [-0.25, -0.2) is 0 Å². The lowest BCUT2D eigenvalue weighted by Gasteiger charge is -2.35. The minimum absolute atomic E-state index is 0.121. The third-order valence-electron chi connectivity index (χ3n) is 5.12. The van der Waals surface area contributed by atoms with Crippen LogP contribution in [-0.2, 0) is 5.41 Å². The first-order valence-corrected chi connectivity index (χ1v) is 8.01. The fourth-order valence-corrected chi connectivity index (χ4v) is 4.08. The van der Waals surface area contributed by atoms with Gasteiger partial charge in [0, 0.05) is 11.5 Å². The monoisotopic (exact) mass is 298 g/mol. The van der Waals surface area contributed by atoms with E-state index in [2.05, 4.69) is 61.5 Å². The molecule has 3 aromatic rings. The molecule has 0 aromatic heterocycles. The Kier molecular flexibility index (Phi) is 3.16. The molecule has 0 saturated heterocycles. The lowest BCUT2D eigenvalue weighted by Crippen LogP contribution is -2.34. The van der Waals surface area contributed by atoms with Gasteiger partial charge in [0.15, 0.2) is 5.78 Å². The zero-order valence-corrected chi connectivity index (χ0v) is 13.1. The molecule has 1 heteroatoms. The van der Waals surface area contributed by atoms with Crippen LogP contribution >= 0.6 is 0 Å². The maximum atomic E-state index is 13.0. The molecule has 0 heterocycles. The summed E-state index contributed by atoms with van der Waals surface area (Å²) >= 11 is 0. The predicted molar refractivity (Wildman–Crippen MR) is 92.7 cm³/mol. The molecule has 23 heavy (non-hydrogen) atoms. The van der Waals surface area contributed by atoms with Gasteiger partial charge in [-0.1, -0.05) is 91.9 Å². The van der Waals surface area contributed by atoms with Crippen LogP contribution in [0.5, 0.6) is 0 Å². The van der Waals surface area contributed by atoms with E-state index in [0.29, 0.717) is 0 Å². The molecule has 0 radical (unpaired) electrons. The third kappa shape index (κ3) is 1.83. The van der Waals surface area contributed by atoms with Crippen LogP contribution in [0.2, 0.25) is 0 Å². The molecule has 1 unspecified atom stereocenters. The molecule has 0 aliphatic heterocycles. The molecule has 1 atom stereocenters. The molecule has 0 N–H and O–H groups in total. The Balaban J connectivity index is 2.12. The van der Waals surface area contributed by atoms with Crippen molar-refractivity contribution < 1.29 is 4.79 Å². The van der Waals surface area contributed by atoms with Crippen molar-refractivity contribution in [1.29, 1.82) is 0 Å². The Labute approximate surface area is 136 Å². The Bertz CT molecular complexity index is 810. The number of ketones is 1. The minimum Gasteiger partial charge on any atom is -0.294 e. The summed E-state index contributed by atoms with van der Waals surface area (Å²) in [4.78, 5) is 13.0. The molecule has 3 aromatic carbocycles. The van der Waals surface area contributed by atoms with Crippen molar-refractivity contribution in [3.05, 3.63) is 107 Å². The molecule has 112 valence electrons. The number of carbonyl (C=O) groups excluding carboxylic acids is 1. The van der Waals surface area contributed by atoms with Crippen LogP contribution in [0.4, 0.5) is 0 Å². The average Bonchev–Trinajstić information content (AvgIpc) is 2.86. The second kappa shape index (κ2) is 5.20. The van der Waals surface area contributed by atoms with E-state index in [1.54, 1.807) is 0 Å². The van der Waals surface area contributed by atoms with Gasteiger partial charge in [0.25, 0.3) is 0 Å². The Hall–Kier alpha value is -2.67. The molecular formula is C22H18O. The number of hydrogen-bond donors (Lipinski definition) is 0. The number of fused-ring (bicyclic) bond motifs is 1. The second-order valence-electron chi connectivity index (χ2n) is 6.17. The van der Waals surface area contributed by atoms with Crippen LogP contribution in [-0.4, -0.2) is 5.78 Å². The zero-order valence-electron chi connectivity index (χ0n) is 13.1. The van der Waals surface area contributed by atoms with Crippen LogP contribution in [0, 0.1) is 5.92 Å². The Morgan fingerprint density at radius 3 is 1.74 bits per heavy atom. The van der Waals surface area contributed by atoms with E-state index in [1.165, 1.54) is 11.1 Å². The molecule has 0 spiro atoms. The van der Waals surface area contributed by atoms with Crippen molar-refractivity contribution in [3.8, 4) is 0 Å². The van der Waals surface area contributed by atoms with Crippen LogP contribution in [0.15, 0.2) is 84.9 Å². The van der Waals surface area contributed by atoms with Gasteiger partial charge >= 0.3 is 0 Å². The molecule has 4 rings (SSSR count). The van der Waals surface area contributed by atoms with Crippen molar-refractivity contribution in [2.75, 3.05) is 0 Å². The maximum absolute atomic E-state index is 13.0. The van der Waals surface area contributed by atoms with Gasteiger partial charge in [-0.2, -0.15) is 0 Å². The van der Waals surface area contributed by atoms with E-state index in [1.807, 2.05) is 30.3 Å². The van der Waals surface area contributed by atoms with E-state index in [-0.39, 0.29) is 11.7 Å². The van der Waals surface area contributed by atoms with Crippen molar-refractivity contribution in [2.45, 2.75) is 12.3 Å². The molecule has 1 nitrogen and oxygen atoms in total. The van der Waals surface area contributed by atoms with Crippen LogP contribution < -0.4 is 0 Å². The molecule has 1 aliphatic rings. The summed E-state index contributed by atoms with van der Waals surface area (Å²) in [6, 6.07) is 28.9. The fraction of sp³-hybridized carbons (Fsp3) is 0.136. The highest BCUT2D eigenvalue weighted by Crippen LogP contribution is 2.51. The summed E-state index contributed by atoms with van der Waals surface area (Å²) in [5.74, 6) is 0.109. The normalized spacial score (nSPS) is 18.7. The number of carbonyl (C=O) groups is 1. The Morgan fingerprint density at radius 1 is 0.696 bits per heavy atom. The third-order valence-corrected chi connectivity index (χ3v) is 5.12. The first kappa shape index (κ1) is 14.0. The molecule has 0 amide bonds. The fourth-order valence-electron chi connectivity index (χ4n) is 4.08. The summed E-state index contributed by atoms with van der Waals surface area (Å²) in [7, 11) is 0. The van der Waals surface area contributed by atoms with Crippen LogP contribution in [0.1, 0.15) is 34.0 Å². The first-order chi connectivity index (χ1) is 11.3. The van der Waals surface area contributed by atoms with Crippen molar-refractivity contribution in [1.82, 2.24) is 0 Å². The van der Waals surface area contributed by atoms with Gasteiger partial charge in [-0.15, -0.1) is 0 Å². The minimum atomic E-state index is -0.407. The highest BCUT2D eigenvalue weighted by atomic mass is 16.1. The quantitative estimate of drug-likeness (QED) is 0.660. The van der Waals surface area contributed by atoms with Crippen molar-refractivity contribution >= 4 is 5.78 Å². The first-order valence-electron chi connectivity index (χ1n) is 8.01. The van der Waals surface area contributed by atoms with E-state index in [0.717, 1.165) is 11.1 Å². The lowest BCUT2D eigenvalue weighted by molar-refractivity contribution is 0.0923. The standard InChI is InChI=1S/C22H18O/c1-16-21(23)19-14-8-9-15-20(19)22(16,17-10-4-2-5-11-17)18-12-6-3-7-13-18/h2-16H,1H3. The van der Waals surface area contributed by atoms with Crippen molar-refractivity contribution in [3.63, 3.8) is 0 Å². The number of Topliss-reactive ketones (excluding diaryl/α,β-unsaturated/α-hetero) is 1. The zero-order chi connectivity index (χ0) is 15.9. The molecular weight excluding hydrogens is 280 g/mol. The predicted octanol–water partition coefficient (Wildman–Crippen LogP) is 4.85.